The largest absolute Gasteiger partial charge is 0.355 e. The molecule has 6 nitrogen and oxygen atoms in total. The van der Waals surface area contributed by atoms with E-state index in [4.69, 9.17) is 0 Å². The summed E-state index contributed by atoms with van der Waals surface area (Å²) >= 11 is 0. The number of rotatable bonds is 8. The fraction of sp³-hybridized carbons (Fsp3) is 0.826. The second kappa shape index (κ2) is 10.9. The summed E-state index contributed by atoms with van der Waals surface area (Å²) in [5.74, 6) is 0.885. The second-order valence-electron chi connectivity index (χ2n) is 9.01. The molecule has 0 N–H and O–H groups in total. The smallest absolute Gasteiger partial charge is 0.169 e. The van der Waals surface area contributed by atoms with E-state index in [1.807, 2.05) is 0 Å². The molecule has 0 spiro atoms. The lowest BCUT2D eigenvalue weighted by molar-refractivity contribution is 0.153. The number of likely N-dealkylation sites (tertiary alicyclic amines) is 2. The van der Waals surface area contributed by atoms with Crippen LogP contribution in [0.25, 0.3) is 0 Å². The van der Waals surface area contributed by atoms with Gasteiger partial charge in [0.2, 0.25) is 0 Å². The Balaban J connectivity index is 1.53. The Labute approximate surface area is 177 Å². The van der Waals surface area contributed by atoms with Gasteiger partial charge in [-0.25, -0.2) is 0 Å². The number of allylic oxidation sites excluding steroid dienone is 1. The molecule has 0 aliphatic carbocycles. The van der Waals surface area contributed by atoms with Gasteiger partial charge in [-0.05, 0) is 65.5 Å². The first-order valence-electron chi connectivity index (χ1n) is 11.7. The van der Waals surface area contributed by atoms with Crippen LogP contribution in [0.4, 0.5) is 0 Å². The first-order chi connectivity index (χ1) is 14.1. The van der Waals surface area contributed by atoms with Crippen molar-refractivity contribution in [3.63, 3.8) is 0 Å². The van der Waals surface area contributed by atoms with Crippen LogP contribution in [0.3, 0.4) is 0 Å². The maximum Gasteiger partial charge on any atom is 0.169 e. The molecule has 6 heteroatoms. The molecule has 0 radical (unpaired) electrons. The Hall–Kier alpha value is -1.76. The summed E-state index contributed by atoms with van der Waals surface area (Å²) in [5, 5.41) is 19.0. The Bertz CT molecular complexity index is 629. The molecule has 3 aliphatic rings. The predicted octanol–water partition coefficient (Wildman–Crippen LogP) is 3.00. The molecule has 2 atom stereocenters. The average Bonchev–Trinajstić information content (AvgIpc) is 3.31. The molecule has 3 saturated heterocycles. The molecule has 3 fully saturated rings. The molecule has 0 saturated carbocycles. The highest BCUT2D eigenvalue weighted by atomic mass is 15.4. The van der Waals surface area contributed by atoms with Gasteiger partial charge in [-0.15, -0.1) is 0 Å². The highest BCUT2D eigenvalue weighted by Crippen LogP contribution is 2.24. The van der Waals surface area contributed by atoms with Gasteiger partial charge in [-0.3, -0.25) is 0 Å². The van der Waals surface area contributed by atoms with Gasteiger partial charge in [-0.1, -0.05) is 6.42 Å². The van der Waals surface area contributed by atoms with E-state index < -0.39 is 0 Å². The summed E-state index contributed by atoms with van der Waals surface area (Å²) in [6.45, 7) is 13.1. The Morgan fingerprint density at radius 2 is 1.28 bits per heavy atom. The van der Waals surface area contributed by atoms with Gasteiger partial charge >= 0.3 is 0 Å². The van der Waals surface area contributed by atoms with Crippen LogP contribution in [-0.2, 0) is 0 Å². The summed E-state index contributed by atoms with van der Waals surface area (Å²) in [6.07, 6.45) is 8.79. The van der Waals surface area contributed by atoms with E-state index in [1.54, 1.807) is 0 Å². The molecule has 0 aromatic rings. The van der Waals surface area contributed by atoms with Crippen LogP contribution in [-0.4, -0.2) is 84.0 Å². The number of nitriles is 2. The summed E-state index contributed by atoms with van der Waals surface area (Å²) < 4.78 is 0. The first-order valence-corrected chi connectivity index (χ1v) is 11.7. The number of piperidine rings is 1. The second-order valence-corrected chi connectivity index (χ2v) is 9.01. The normalized spacial score (nSPS) is 26.0. The third-order valence-electron chi connectivity index (χ3n) is 7.06. The molecule has 0 amide bonds. The molecule has 3 aliphatic heterocycles. The quantitative estimate of drug-likeness (QED) is 0.586. The SMILES string of the molecule is CC1CCCCN1CCCN1CCN(CCCN2CCCC2C)C1=C(C#N)C#N. The van der Waals surface area contributed by atoms with E-state index in [1.165, 1.54) is 45.2 Å². The lowest BCUT2D eigenvalue weighted by atomic mass is 10.0. The minimum absolute atomic E-state index is 0.281. The number of hydrogen-bond donors (Lipinski definition) is 0. The Morgan fingerprint density at radius 3 is 1.76 bits per heavy atom. The molecule has 0 aromatic carbocycles. The Morgan fingerprint density at radius 1 is 0.759 bits per heavy atom. The maximum atomic E-state index is 9.52. The third kappa shape index (κ3) is 5.65. The third-order valence-corrected chi connectivity index (χ3v) is 7.06. The van der Waals surface area contributed by atoms with Crippen molar-refractivity contribution in [3.05, 3.63) is 11.4 Å². The Kier molecular flexibility index (Phi) is 8.21. The summed E-state index contributed by atoms with van der Waals surface area (Å²) in [7, 11) is 0. The fourth-order valence-electron chi connectivity index (χ4n) is 5.27. The monoisotopic (exact) mass is 398 g/mol. The van der Waals surface area contributed by atoms with Crippen molar-refractivity contribution in [2.75, 3.05) is 52.4 Å². The van der Waals surface area contributed by atoms with Crippen LogP contribution in [0.15, 0.2) is 11.4 Å². The van der Waals surface area contributed by atoms with Gasteiger partial charge in [0.1, 0.15) is 18.0 Å². The minimum atomic E-state index is 0.281. The van der Waals surface area contributed by atoms with E-state index >= 15 is 0 Å². The van der Waals surface area contributed by atoms with Crippen LogP contribution >= 0.6 is 0 Å². The number of nitrogens with zero attached hydrogens (tertiary/aromatic N) is 6. The van der Waals surface area contributed by atoms with E-state index in [-0.39, 0.29) is 5.57 Å². The van der Waals surface area contributed by atoms with Crippen LogP contribution in [0.5, 0.6) is 0 Å². The van der Waals surface area contributed by atoms with Crippen molar-refractivity contribution >= 4 is 0 Å². The van der Waals surface area contributed by atoms with Crippen molar-refractivity contribution < 1.29 is 0 Å². The van der Waals surface area contributed by atoms with Crippen LogP contribution in [0.2, 0.25) is 0 Å². The zero-order valence-corrected chi connectivity index (χ0v) is 18.4. The lowest BCUT2D eigenvalue weighted by Crippen LogP contribution is -2.39. The molecule has 0 bridgehead atoms. The van der Waals surface area contributed by atoms with Crippen molar-refractivity contribution in [1.29, 1.82) is 10.5 Å². The summed E-state index contributed by atoms with van der Waals surface area (Å²) in [6, 6.07) is 5.70. The van der Waals surface area contributed by atoms with Gasteiger partial charge in [-0.2, -0.15) is 10.5 Å². The maximum absolute atomic E-state index is 9.52. The first kappa shape index (κ1) is 21.9. The van der Waals surface area contributed by atoms with Crippen LogP contribution in [0, 0.1) is 22.7 Å². The molecule has 2 unspecified atom stereocenters. The molecular formula is C23H38N6. The fourth-order valence-corrected chi connectivity index (χ4v) is 5.27. The molecule has 3 rings (SSSR count). The zero-order chi connectivity index (χ0) is 20.6. The number of hydrogen-bond acceptors (Lipinski definition) is 6. The lowest BCUT2D eigenvalue weighted by Gasteiger charge is -2.34. The van der Waals surface area contributed by atoms with Crippen LogP contribution in [0.1, 0.15) is 58.8 Å². The topological polar surface area (TPSA) is 60.5 Å². The average molecular weight is 399 g/mol. The highest BCUT2D eigenvalue weighted by Gasteiger charge is 2.29. The van der Waals surface area contributed by atoms with Gasteiger partial charge in [0.15, 0.2) is 5.57 Å². The van der Waals surface area contributed by atoms with Gasteiger partial charge in [0, 0.05) is 51.4 Å². The summed E-state index contributed by atoms with van der Waals surface area (Å²) in [4.78, 5) is 9.75. The standard InChI is InChI=1S/C23H38N6/c1-20-8-3-4-10-26(20)12-6-14-28-16-17-29(23(28)22(18-24)19-25)15-7-13-27-11-5-9-21(27)2/h20-21H,3-17H2,1-2H3. The van der Waals surface area contributed by atoms with Crippen molar-refractivity contribution in [2.24, 2.45) is 0 Å². The molecule has 160 valence electrons. The zero-order valence-electron chi connectivity index (χ0n) is 18.4. The van der Waals surface area contributed by atoms with Gasteiger partial charge < -0.3 is 19.6 Å². The van der Waals surface area contributed by atoms with Crippen molar-refractivity contribution in [2.45, 2.75) is 70.9 Å². The molecular weight excluding hydrogens is 360 g/mol. The molecule has 29 heavy (non-hydrogen) atoms. The van der Waals surface area contributed by atoms with Gasteiger partial charge in [0.25, 0.3) is 0 Å². The van der Waals surface area contributed by atoms with E-state index in [0.717, 1.165) is 57.9 Å². The van der Waals surface area contributed by atoms with Crippen LogP contribution < -0.4 is 0 Å². The highest BCUT2D eigenvalue weighted by molar-refractivity contribution is 5.40. The van der Waals surface area contributed by atoms with Crippen molar-refractivity contribution in [3.8, 4) is 12.1 Å². The van der Waals surface area contributed by atoms with E-state index in [2.05, 4.69) is 45.6 Å². The van der Waals surface area contributed by atoms with Crippen molar-refractivity contribution in [1.82, 2.24) is 19.6 Å². The molecule has 3 heterocycles. The van der Waals surface area contributed by atoms with E-state index in [0.29, 0.717) is 12.1 Å². The van der Waals surface area contributed by atoms with E-state index in [9.17, 15) is 10.5 Å². The summed E-state index contributed by atoms with van der Waals surface area (Å²) in [5.41, 5.74) is 0.281. The predicted molar refractivity (Wildman–Crippen MR) is 116 cm³/mol. The molecule has 0 aromatic heterocycles. The van der Waals surface area contributed by atoms with Gasteiger partial charge in [0.05, 0.1) is 0 Å². The minimum Gasteiger partial charge on any atom is -0.355 e.